The maximum atomic E-state index is 9.03. The number of nitrogens with zero attached hydrogens (tertiary/aromatic N) is 1. The molecule has 1 fully saturated rings. The van der Waals surface area contributed by atoms with Crippen LogP contribution >= 0.6 is 0 Å². The standard InChI is InChI=1S/C11H18N2O2/c12-7-10-1-2-11(15-10)13-5-3-9(8-14)4-6-13/h1-2,9,14H,3-8,12H2. The molecule has 1 aromatic rings. The lowest BCUT2D eigenvalue weighted by atomic mass is 9.98. The van der Waals surface area contributed by atoms with Crippen LogP contribution in [0.5, 0.6) is 0 Å². The first kappa shape index (κ1) is 10.5. The number of furan rings is 1. The third kappa shape index (κ3) is 2.33. The SMILES string of the molecule is NCc1ccc(N2CCC(CO)CC2)o1. The highest BCUT2D eigenvalue weighted by molar-refractivity contribution is 5.36. The van der Waals surface area contributed by atoms with Gasteiger partial charge in [0.05, 0.1) is 6.54 Å². The van der Waals surface area contributed by atoms with Crippen LogP contribution in [-0.2, 0) is 6.54 Å². The van der Waals surface area contributed by atoms with Crippen LogP contribution in [0.3, 0.4) is 0 Å². The lowest BCUT2D eigenvalue weighted by molar-refractivity contribution is 0.201. The predicted molar refractivity (Wildman–Crippen MR) is 58.6 cm³/mol. The summed E-state index contributed by atoms with van der Waals surface area (Å²) in [5.74, 6) is 2.20. The number of rotatable bonds is 3. The van der Waals surface area contributed by atoms with Gasteiger partial charge in [0.15, 0.2) is 5.88 Å². The lowest BCUT2D eigenvalue weighted by Crippen LogP contribution is -2.34. The van der Waals surface area contributed by atoms with Crippen molar-refractivity contribution in [2.75, 3.05) is 24.6 Å². The molecule has 0 spiro atoms. The maximum Gasteiger partial charge on any atom is 0.195 e. The summed E-state index contributed by atoms with van der Waals surface area (Å²) in [5.41, 5.74) is 5.49. The summed E-state index contributed by atoms with van der Waals surface area (Å²) in [7, 11) is 0. The number of aliphatic hydroxyl groups excluding tert-OH is 1. The van der Waals surface area contributed by atoms with Crippen molar-refractivity contribution in [2.45, 2.75) is 19.4 Å². The minimum atomic E-state index is 0.306. The molecule has 0 atom stereocenters. The minimum absolute atomic E-state index is 0.306. The largest absolute Gasteiger partial charge is 0.444 e. The Kier molecular flexibility index (Phi) is 3.28. The molecule has 0 aliphatic carbocycles. The molecule has 1 aliphatic rings. The molecule has 0 radical (unpaired) electrons. The fourth-order valence-electron chi connectivity index (χ4n) is 1.98. The van der Waals surface area contributed by atoms with Crippen LogP contribution < -0.4 is 10.6 Å². The summed E-state index contributed by atoms with van der Waals surface area (Å²) in [6.07, 6.45) is 2.07. The predicted octanol–water partition coefficient (Wildman–Crippen LogP) is 0.947. The van der Waals surface area contributed by atoms with Gasteiger partial charge in [-0.2, -0.15) is 0 Å². The fraction of sp³-hybridized carbons (Fsp3) is 0.636. The molecule has 3 N–H and O–H groups in total. The Hall–Kier alpha value is -1.00. The van der Waals surface area contributed by atoms with Gasteiger partial charge >= 0.3 is 0 Å². The van der Waals surface area contributed by atoms with Crippen molar-refractivity contribution in [3.05, 3.63) is 17.9 Å². The normalized spacial score (nSPS) is 18.4. The molecule has 2 heterocycles. The lowest BCUT2D eigenvalue weighted by Gasteiger charge is -2.30. The maximum absolute atomic E-state index is 9.03. The fourth-order valence-corrected chi connectivity index (χ4v) is 1.98. The van der Waals surface area contributed by atoms with Gasteiger partial charge in [-0.05, 0) is 24.8 Å². The van der Waals surface area contributed by atoms with Gasteiger partial charge in [0, 0.05) is 25.8 Å². The Balaban J connectivity index is 1.95. The summed E-state index contributed by atoms with van der Waals surface area (Å²) in [6, 6.07) is 3.90. The first-order valence-corrected chi connectivity index (χ1v) is 5.48. The second-order valence-corrected chi connectivity index (χ2v) is 4.06. The quantitative estimate of drug-likeness (QED) is 0.779. The monoisotopic (exact) mass is 210 g/mol. The molecule has 15 heavy (non-hydrogen) atoms. The Bertz CT molecular complexity index is 303. The number of piperidine rings is 1. The van der Waals surface area contributed by atoms with Crippen LogP contribution in [0.1, 0.15) is 18.6 Å². The van der Waals surface area contributed by atoms with E-state index in [0.717, 1.165) is 37.6 Å². The van der Waals surface area contributed by atoms with Crippen molar-refractivity contribution in [2.24, 2.45) is 11.7 Å². The van der Waals surface area contributed by atoms with E-state index in [1.807, 2.05) is 12.1 Å². The number of hydrogen-bond donors (Lipinski definition) is 2. The average molecular weight is 210 g/mol. The van der Waals surface area contributed by atoms with Gasteiger partial charge in [-0.15, -0.1) is 0 Å². The molecule has 0 bridgehead atoms. The van der Waals surface area contributed by atoms with E-state index < -0.39 is 0 Å². The molecular formula is C11H18N2O2. The molecule has 1 aliphatic heterocycles. The zero-order valence-corrected chi connectivity index (χ0v) is 8.85. The first-order chi connectivity index (χ1) is 7.33. The van der Waals surface area contributed by atoms with Crippen molar-refractivity contribution in [1.82, 2.24) is 0 Å². The van der Waals surface area contributed by atoms with Gasteiger partial charge in [-0.25, -0.2) is 0 Å². The zero-order chi connectivity index (χ0) is 10.7. The van der Waals surface area contributed by atoms with E-state index in [0.29, 0.717) is 19.1 Å². The molecule has 4 heteroatoms. The van der Waals surface area contributed by atoms with Crippen LogP contribution in [0, 0.1) is 5.92 Å². The van der Waals surface area contributed by atoms with Crippen molar-refractivity contribution in [3.8, 4) is 0 Å². The Labute approximate surface area is 89.7 Å². The van der Waals surface area contributed by atoms with Crippen LogP contribution in [0.15, 0.2) is 16.5 Å². The van der Waals surface area contributed by atoms with E-state index >= 15 is 0 Å². The van der Waals surface area contributed by atoms with Gasteiger partial charge in [0.1, 0.15) is 5.76 Å². The molecule has 0 saturated carbocycles. The molecule has 4 nitrogen and oxygen atoms in total. The number of hydrogen-bond acceptors (Lipinski definition) is 4. The van der Waals surface area contributed by atoms with Crippen LogP contribution in [0.25, 0.3) is 0 Å². The molecular weight excluding hydrogens is 192 g/mol. The summed E-state index contributed by atoms with van der Waals surface area (Å²) < 4.78 is 5.58. The second kappa shape index (κ2) is 4.68. The van der Waals surface area contributed by atoms with E-state index in [4.69, 9.17) is 15.3 Å². The topological polar surface area (TPSA) is 62.6 Å². The van der Waals surface area contributed by atoms with Gasteiger partial charge in [0.2, 0.25) is 0 Å². The number of aliphatic hydroxyl groups is 1. The van der Waals surface area contributed by atoms with E-state index in [1.54, 1.807) is 0 Å². The highest BCUT2D eigenvalue weighted by Crippen LogP contribution is 2.24. The van der Waals surface area contributed by atoms with Gasteiger partial charge < -0.3 is 20.2 Å². The molecule has 0 amide bonds. The van der Waals surface area contributed by atoms with Crippen LogP contribution in [-0.4, -0.2) is 24.8 Å². The first-order valence-electron chi connectivity index (χ1n) is 5.48. The zero-order valence-electron chi connectivity index (χ0n) is 8.85. The van der Waals surface area contributed by atoms with E-state index in [1.165, 1.54) is 0 Å². The molecule has 0 unspecified atom stereocenters. The molecule has 2 rings (SSSR count). The Morgan fingerprint density at radius 3 is 2.67 bits per heavy atom. The van der Waals surface area contributed by atoms with E-state index in [2.05, 4.69) is 4.90 Å². The van der Waals surface area contributed by atoms with Crippen molar-refractivity contribution < 1.29 is 9.52 Å². The smallest absolute Gasteiger partial charge is 0.195 e. The van der Waals surface area contributed by atoms with Crippen molar-refractivity contribution >= 4 is 5.88 Å². The van der Waals surface area contributed by atoms with Crippen LogP contribution in [0.4, 0.5) is 5.88 Å². The summed E-state index contributed by atoms with van der Waals surface area (Å²) in [6.45, 7) is 2.68. The second-order valence-electron chi connectivity index (χ2n) is 4.06. The van der Waals surface area contributed by atoms with Gasteiger partial charge in [-0.1, -0.05) is 0 Å². The number of nitrogens with two attached hydrogens (primary N) is 1. The van der Waals surface area contributed by atoms with Crippen LogP contribution in [0.2, 0.25) is 0 Å². The average Bonchev–Trinajstić information content (AvgIpc) is 2.78. The Morgan fingerprint density at radius 2 is 2.13 bits per heavy atom. The molecule has 1 aromatic heterocycles. The van der Waals surface area contributed by atoms with Gasteiger partial charge in [0.25, 0.3) is 0 Å². The number of anilines is 1. The van der Waals surface area contributed by atoms with E-state index in [-0.39, 0.29) is 0 Å². The molecule has 0 aromatic carbocycles. The van der Waals surface area contributed by atoms with E-state index in [9.17, 15) is 0 Å². The summed E-state index contributed by atoms with van der Waals surface area (Å²) >= 11 is 0. The summed E-state index contributed by atoms with van der Waals surface area (Å²) in [4.78, 5) is 2.21. The third-order valence-corrected chi connectivity index (χ3v) is 3.03. The van der Waals surface area contributed by atoms with Crippen molar-refractivity contribution in [3.63, 3.8) is 0 Å². The van der Waals surface area contributed by atoms with Crippen molar-refractivity contribution in [1.29, 1.82) is 0 Å². The Morgan fingerprint density at radius 1 is 1.40 bits per heavy atom. The highest BCUT2D eigenvalue weighted by Gasteiger charge is 2.20. The molecule has 84 valence electrons. The highest BCUT2D eigenvalue weighted by atomic mass is 16.4. The minimum Gasteiger partial charge on any atom is -0.444 e. The van der Waals surface area contributed by atoms with Gasteiger partial charge in [-0.3, -0.25) is 0 Å². The third-order valence-electron chi connectivity index (χ3n) is 3.03. The summed E-state index contributed by atoms with van der Waals surface area (Å²) in [5, 5.41) is 9.03. The molecule has 1 saturated heterocycles.